The van der Waals surface area contributed by atoms with Crippen molar-refractivity contribution in [1.82, 2.24) is 5.32 Å². The Hall–Kier alpha value is -2.68. The summed E-state index contributed by atoms with van der Waals surface area (Å²) in [6.45, 7) is -0.323. The predicted octanol–water partition coefficient (Wildman–Crippen LogP) is -0.0746. The van der Waals surface area contributed by atoms with Gasteiger partial charge in [0.2, 0.25) is 0 Å². The number of amides is 1. The van der Waals surface area contributed by atoms with Gasteiger partial charge in [0.05, 0.1) is 4.92 Å². The molecule has 21 heavy (non-hydrogen) atoms. The fourth-order valence-electron chi connectivity index (χ4n) is 1.34. The zero-order chi connectivity index (χ0) is 15.8. The largest absolute Gasteiger partial charge is 0.484 e. The van der Waals surface area contributed by atoms with Gasteiger partial charge in [-0.05, 0) is 12.1 Å². The third-order valence-electron chi connectivity index (χ3n) is 2.44. The molecule has 114 valence electrons. The Balaban J connectivity index is 2.29. The van der Waals surface area contributed by atoms with Crippen molar-refractivity contribution in [2.24, 2.45) is 0 Å². The molecule has 9 nitrogen and oxygen atoms in total. The maximum absolute atomic E-state index is 11.4. The molecule has 0 aliphatic carbocycles. The fourth-order valence-corrected chi connectivity index (χ4v) is 1.34. The van der Waals surface area contributed by atoms with Crippen LogP contribution in [0.1, 0.15) is 6.42 Å². The number of benzene rings is 1. The summed E-state index contributed by atoms with van der Waals surface area (Å²) in [5.41, 5.74) is -0.0885. The lowest BCUT2D eigenvalue weighted by molar-refractivity contribution is -0.384. The molecule has 1 aromatic carbocycles. The van der Waals surface area contributed by atoms with E-state index in [2.05, 4.69) is 5.32 Å². The highest BCUT2D eigenvalue weighted by Gasteiger charge is 2.13. The Morgan fingerprint density at radius 2 is 1.95 bits per heavy atom. The zero-order valence-electron chi connectivity index (χ0n) is 10.9. The van der Waals surface area contributed by atoms with Gasteiger partial charge in [-0.2, -0.15) is 0 Å². The van der Waals surface area contributed by atoms with Crippen LogP contribution in [0.3, 0.4) is 0 Å². The summed E-state index contributed by atoms with van der Waals surface area (Å²) >= 11 is 0. The first-order valence-corrected chi connectivity index (χ1v) is 5.95. The van der Waals surface area contributed by atoms with Crippen LogP contribution >= 0.6 is 0 Å². The summed E-state index contributed by atoms with van der Waals surface area (Å²) in [6, 6.07) is 5.21. The maximum Gasteiger partial charge on any atom is 0.332 e. The molecule has 1 atom stereocenters. The number of carbonyl (C=O) groups is 2. The third-order valence-corrected chi connectivity index (χ3v) is 2.44. The minimum atomic E-state index is -1.53. The van der Waals surface area contributed by atoms with E-state index >= 15 is 0 Å². The van der Waals surface area contributed by atoms with Gasteiger partial charge in [0, 0.05) is 25.1 Å². The molecule has 0 aliphatic rings. The molecule has 1 rings (SSSR count). The van der Waals surface area contributed by atoms with Crippen molar-refractivity contribution in [3.63, 3.8) is 0 Å². The Morgan fingerprint density at radius 1 is 1.33 bits per heavy atom. The van der Waals surface area contributed by atoms with Gasteiger partial charge in [-0.25, -0.2) is 4.79 Å². The number of carboxylic acid groups (broad SMARTS) is 1. The molecule has 3 N–H and O–H groups in total. The van der Waals surface area contributed by atoms with E-state index in [1.807, 2.05) is 0 Å². The number of carbonyl (C=O) groups excluding carboxylic acids is 1. The summed E-state index contributed by atoms with van der Waals surface area (Å²) < 4.78 is 5.09. The van der Waals surface area contributed by atoms with Gasteiger partial charge in [-0.3, -0.25) is 14.9 Å². The standard InChI is InChI=1S/C12H14N2O7/c15-10(12(17)18)5-6-13-11(16)7-21-9-3-1-8(2-4-9)14(19)20/h1-4,10,15H,5-7H2,(H,13,16)(H,17,18)/t10-/m0/s1. The van der Waals surface area contributed by atoms with Crippen LogP contribution in [0.15, 0.2) is 24.3 Å². The van der Waals surface area contributed by atoms with Gasteiger partial charge in [0.15, 0.2) is 12.7 Å². The number of nitro groups is 1. The SMILES string of the molecule is O=C(COc1ccc([N+](=O)[O-])cc1)NCC[C@H](O)C(=O)O. The van der Waals surface area contributed by atoms with Crippen molar-refractivity contribution in [2.75, 3.05) is 13.2 Å². The summed E-state index contributed by atoms with van der Waals surface area (Å²) in [5, 5.41) is 30.2. The second-order valence-electron chi connectivity index (χ2n) is 4.03. The molecule has 9 heteroatoms. The molecule has 0 heterocycles. The van der Waals surface area contributed by atoms with Gasteiger partial charge in [-0.1, -0.05) is 0 Å². The van der Waals surface area contributed by atoms with Gasteiger partial charge >= 0.3 is 5.97 Å². The molecule has 0 radical (unpaired) electrons. The fraction of sp³-hybridized carbons (Fsp3) is 0.333. The number of nitrogens with one attached hydrogen (secondary N) is 1. The van der Waals surface area contributed by atoms with E-state index in [-0.39, 0.29) is 25.3 Å². The van der Waals surface area contributed by atoms with Crippen LogP contribution < -0.4 is 10.1 Å². The second-order valence-corrected chi connectivity index (χ2v) is 4.03. The van der Waals surface area contributed by atoms with Crippen LogP contribution in [0.2, 0.25) is 0 Å². The van der Waals surface area contributed by atoms with E-state index in [4.69, 9.17) is 14.9 Å². The van der Waals surface area contributed by atoms with E-state index in [1.165, 1.54) is 24.3 Å². The number of hydrogen-bond donors (Lipinski definition) is 3. The molecule has 0 bridgehead atoms. The number of aliphatic hydroxyl groups excluding tert-OH is 1. The number of hydrogen-bond acceptors (Lipinski definition) is 6. The number of nitro benzene ring substituents is 1. The molecule has 0 saturated carbocycles. The Bertz CT molecular complexity index is 515. The number of aliphatic hydroxyl groups is 1. The number of aliphatic carboxylic acids is 1. The van der Waals surface area contributed by atoms with E-state index in [1.54, 1.807) is 0 Å². The number of rotatable bonds is 8. The molecule has 0 unspecified atom stereocenters. The Labute approximate surface area is 119 Å². The minimum Gasteiger partial charge on any atom is -0.484 e. The number of carboxylic acids is 1. The topological polar surface area (TPSA) is 139 Å². The van der Waals surface area contributed by atoms with Crippen LogP contribution in [0.4, 0.5) is 5.69 Å². The second kappa shape index (κ2) is 7.80. The van der Waals surface area contributed by atoms with Crippen LogP contribution in [-0.4, -0.2) is 46.3 Å². The normalized spacial score (nSPS) is 11.5. The minimum absolute atomic E-state index is 0.00405. The predicted molar refractivity (Wildman–Crippen MR) is 69.9 cm³/mol. The maximum atomic E-state index is 11.4. The van der Waals surface area contributed by atoms with Crippen LogP contribution in [0, 0.1) is 10.1 Å². The van der Waals surface area contributed by atoms with E-state index in [0.717, 1.165) is 0 Å². The highest BCUT2D eigenvalue weighted by atomic mass is 16.6. The van der Waals surface area contributed by atoms with Crippen LogP contribution in [0.25, 0.3) is 0 Å². The van der Waals surface area contributed by atoms with Gasteiger partial charge in [0.25, 0.3) is 11.6 Å². The Morgan fingerprint density at radius 3 is 2.48 bits per heavy atom. The Kier molecular flexibility index (Phi) is 6.08. The van der Waals surface area contributed by atoms with Crippen molar-refractivity contribution in [2.45, 2.75) is 12.5 Å². The first-order chi connectivity index (χ1) is 9.90. The smallest absolute Gasteiger partial charge is 0.332 e. The first-order valence-electron chi connectivity index (χ1n) is 5.95. The lowest BCUT2D eigenvalue weighted by Crippen LogP contribution is -2.33. The van der Waals surface area contributed by atoms with Gasteiger partial charge in [-0.15, -0.1) is 0 Å². The molecule has 0 fully saturated rings. The first kappa shape index (κ1) is 16.4. The average Bonchev–Trinajstić information content (AvgIpc) is 2.45. The lowest BCUT2D eigenvalue weighted by Gasteiger charge is -2.08. The molecular weight excluding hydrogens is 284 g/mol. The average molecular weight is 298 g/mol. The highest BCUT2D eigenvalue weighted by molar-refractivity contribution is 5.77. The van der Waals surface area contributed by atoms with Crippen molar-refractivity contribution < 1.29 is 29.5 Å². The number of non-ortho nitro benzene ring substituents is 1. The summed E-state index contributed by atoms with van der Waals surface area (Å²) in [4.78, 5) is 31.6. The van der Waals surface area contributed by atoms with Crippen LogP contribution in [-0.2, 0) is 9.59 Å². The number of nitrogens with zero attached hydrogens (tertiary/aromatic N) is 1. The zero-order valence-corrected chi connectivity index (χ0v) is 10.9. The number of ether oxygens (including phenoxy) is 1. The van der Waals surface area contributed by atoms with Crippen molar-refractivity contribution in [1.29, 1.82) is 0 Å². The van der Waals surface area contributed by atoms with E-state index in [0.29, 0.717) is 5.75 Å². The van der Waals surface area contributed by atoms with Gasteiger partial charge < -0.3 is 20.3 Å². The van der Waals surface area contributed by atoms with E-state index in [9.17, 15) is 19.7 Å². The third kappa shape index (κ3) is 5.87. The van der Waals surface area contributed by atoms with Crippen molar-refractivity contribution >= 4 is 17.6 Å². The summed E-state index contributed by atoms with van der Waals surface area (Å²) in [6.07, 6.45) is -1.64. The lowest BCUT2D eigenvalue weighted by atomic mass is 10.2. The molecule has 0 spiro atoms. The molecule has 1 amide bonds. The monoisotopic (exact) mass is 298 g/mol. The molecule has 0 saturated heterocycles. The quantitative estimate of drug-likeness (QED) is 0.450. The molecular formula is C12H14N2O7. The van der Waals surface area contributed by atoms with Crippen LogP contribution in [0.5, 0.6) is 5.75 Å². The van der Waals surface area contributed by atoms with E-state index < -0.39 is 22.9 Å². The highest BCUT2D eigenvalue weighted by Crippen LogP contribution is 2.16. The van der Waals surface area contributed by atoms with Crippen molar-refractivity contribution in [3.8, 4) is 5.75 Å². The molecule has 0 aromatic heterocycles. The van der Waals surface area contributed by atoms with Gasteiger partial charge in [0.1, 0.15) is 5.75 Å². The van der Waals surface area contributed by atoms with Crippen molar-refractivity contribution in [3.05, 3.63) is 34.4 Å². The summed E-state index contributed by atoms with van der Waals surface area (Å²) in [5.74, 6) is -1.56. The molecule has 1 aromatic rings. The molecule has 0 aliphatic heterocycles. The summed E-state index contributed by atoms with van der Waals surface area (Å²) in [7, 11) is 0.